The van der Waals surface area contributed by atoms with Crippen molar-refractivity contribution in [1.29, 1.82) is 0 Å². The first-order valence-electron chi connectivity index (χ1n) is 7.29. The molecule has 0 spiro atoms. The lowest BCUT2D eigenvalue weighted by Gasteiger charge is -2.58. The van der Waals surface area contributed by atoms with Crippen molar-refractivity contribution in [2.45, 2.75) is 44.9 Å². The average Bonchev–Trinajstić information content (AvgIpc) is 2.39. The minimum atomic E-state index is -0.174. The van der Waals surface area contributed by atoms with Gasteiger partial charge in [0.05, 0.1) is 5.41 Å². The van der Waals surface area contributed by atoms with Crippen LogP contribution in [0, 0.1) is 17.8 Å². The van der Waals surface area contributed by atoms with Gasteiger partial charge in [0.25, 0.3) is 0 Å². The molecular weight excluding hydrogens is 220 g/mol. The molecule has 2 aliphatic rings. The highest BCUT2D eigenvalue weighted by Gasteiger charge is 2.63. The van der Waals surface area contributed by atoms with E-state index in [1.165, 1.54) is 24.8 Å². The average molecular weight is 242 g/mol. The molecule has 0 amide bonds. The van der Waals surface area contributed by atoms with Crippen LogP contribution < -0.4 is 0 Å². The minimum absolute atomic E-state index is 0.174. The third-order valence-corrected chi connectivity index (χ3v) is 5.26. The lowest BCUT2D eigenvalue weighted by molar-refractivity contribution is -0.155. The zero-order valence-electron chi connectivity index (χ0n) is 11.4. The van der Waals surface area contributed by atoms with Gasteiger partial charge in [-0.15, -0.1) is 0 Å². The molecule has 0 N–H and O–H groups in total. The van der Waals surface area contributed by atoms with E-state index in [4.69, 9.17) is 0 Å². The molecule has 1 heteroatoms. The van der Waals surface area contributed by atoms with Gasteiger partial charge in [0.1, 0.15) is 5.78 Å². The molecule has 3 atom stereocenters. The zero-order chi connectivity index (χ0) is 12.8. The molecule has 0 bridgehead atoms. The van der Waals surface area contributed by atoms with Gasteiger partial charge in [0, 0.05) is 5.92 Å². The standard InChI is InChI=1S/C17H22O/c1-12(2)17(13-8-4-3-5-9-13)15-11-7-6-10-14(15)16(17)18/h3-5,8-9,12,14-15H,6-7,10-11H2,1-2H3/t14-,15+,17-/m1/s1. The predicted molar refractivity (Wildman–Crippen MR) is 73.4 cm³/mol. The topological polar surface area (TPSA) is 17.1 Å². The molecule has 0 heterocycles. The maximum absolute atomic E-state index is 12.8. The van der Waals surface area contributed by atoms with E-state index < -0.39 is 0 Å². The monoisotopic (exact) mass is 242 g/mol. The molecule has 0 aliphatic heterocycles. The second-order valence-electron chi connectivity index (χ2n) is 6.25. The van der Waals surface area contributed by atoms with Crippen LogP contribution in [0.5, 0.6) is 0 Å². The number of rotatable bonds is 2. The van der Waals surface area contributed by atoms with Crippen LogP contribution in [-0.2, 0) is 10.2 Å². The number of carbonyl (C=O) groups is 1. The van der Waals surface area contributed by atoms with Gasteiger partial charge in [-0.2, -0.15) is 0 Å². The van der Waals surface area contributed by atoms with E-state index in [1.54, 1.807) is 0 Å². The highest BCUT2D eigenvalue weighted by Crippen LogP contribution is 2.59. The maximum atomic E-state index is 12.8. The van der Waals surface area contributed by atoms with E-state index in [0.29, 0.717) is 23.5 Å². The Labute approximate surface area is 110 Å². The van der Waals surface area contributed by atoms with Crippen LogP contribution in [0.1, 0.15) is 45.1 Å². The van der Waals surface area contributed by atoms with Crippen LogP contribution in [0.15, 0.2) is 30.3 Å². The van der Waals surface area contributed by atoms with Gasteiger partial charge < -0.3 is 0 Å². The van der Waals surface area contributed by atoms with Crippen molar-refractivity contribution in [1.82, 2.24) is 0 Å². The Morgan fingerprint density at radius 1 is 1.11 bits per heavy atom. The molecule has 0 unspecified atom stereocenters. The van der Waals surface area contributed by atoms with Crippen molar-refractivity contribution in [3.63, 3.8) is 0 Å². The fourth-order valence-electron chi connectivity index (χ4n) is 4.50. The largest absolute Gasteiger partial charge is 0.298 e. The number of hydrogen-bond donors (Lipinski definition) is 0. The lowest BCUT2D eigenvalue weighted by atomic mass is 9.43. The van der Waals surface area contributed by atoms with Gasteiger partial charge >= 0.3 is 0 Å². The molecule has 18 heavy (non-hydrogen) atoms. The van der Waals surface area contributed by atoms with Crippen LogP contribution >= 0.6 is 0 Å². The van der Waals surface area contributed by atoms with E-state index in [9.17, 15) is 4.79 Å². The summed E-state index contributed by atoms with van der Waals surface area (Å²) in [7, 11) is 0. The van der Waals surface area contributed by atoms with Crippen molar-refractivity contribution in [2.75, 3.05) is 0 Å². The molecule has 2 fully saturated rings. The van der Waals surface area contributed by atoms with Gasteiger partial charge in [-0.25, -0.2) is 0 Å². The maximum Gasteiger partial charge on any atom is 0.147 e. The molecule has 1 aromatic carbocycles. The molecule has 1 aromatic rings. The summed E-state index contributed by atoms with van der Waals surface area (Å²) in [5.41, 5.74) is 1.08. The Balaban J connectivity index is 2.06. The van der Waals surface area contributed by atoms with Crippen molar-refractivity contribution in [2.24, 2.45) is 17.8 Å². The number of Topliss-reactive ketones (excluding diaryl/α,β-unsaturated/α-hetero) is 1. The van der Waals surface area contributed by atoms with Crippen LogP contribution in [0.25, 0.3) is 0 Å². The van der Waals surface area contributed by atoms with Crippen molar-refractivity contribution >= 4 is 5.78 Å². The van der Waals surface area contributed by atoms with Gasteiger partial charge in [-0.05, 0) is 30.2 Å². The zero-order valence-corrected chi connectivity index (χ0v) is 11.4. The summed E-state index contributed by atoms with van der Waals surface area (Å²) >= 11 is 0. The third-order valence-electron chi connectivity index (χ3n) is 5.26. The summed E-state index contributed by atoms with van der Waals surface area (Å²) in [5.74, 6) is 1.89. The normalized spacial score (nSPS) is 35.2. The predicted octanol–water partition coefficient (Wildman–Crippen LogP) is 3.97. The second kappa shape index (κ2) is 4.22. The molecule has 1 nitrogen and oxygen atoms in total. The minimum Gasteiger partial charge on any atom is -0.298 e. The van der Waals surface area contributed by atoms with Gasteiger partial charge in [0.2, 0.25) is 0 Å². The number of ketones is 1. The van der Waals surface area contributed by atoms with Crippen LogP contribution in [-0.4, -0.2) is 5.78 Å². The molecule has 3 rings (SSSR count). The molecule has 2 saturated carbocycles. The van der Waals surface area contributed by atoms with Crippen molar-refractivity contribution in [3.8, 4) is 0 Å². The summed E-state index contributed by atoms with van der Waals surface area (Å²) in [6.45, 7) is 4.44. The van der Waals surface area contributed by atoms with E-state index in [2.05, 4.69) is 38.1 Å². The fraction of sp³-hybridized carbons (Fsp3) is 0.588. The Morgan fingerprint density at radius 2 is 1.78 bits per heavy atom. The van der Waals surface area contributed by atoms with Crippen LogP contribution in [0.3, 0.4) is 0 Å². The number of hydrogen-bond acceptors (Lipinski definition) is 1. The first-order valence-corrected chi connectivity index (χ1v) is 7.29. The molecule has 2 aliphatic carbocycles. The molecule has 96 valence electrons. The first kappa shape index (κ1) is 12.0. The smallest absolute Gasteiger partial charge is 0.147 e. The summed E-state index contributed by atoms with van der Waals surface area (Å²) in [5, 5.41) is 0. The van der Waals surface area contributed by atoms with E-state index in [1.807, 2.05) is 6.07 Å². The molecule has 0 saturated heterocycles. The van der Waals surface area contributed by atoms with Gasteiger partial charge in [-0.3, -0.25) is 4.79 Å². The van der Waals surface area contributed by atoms with Gasteiger partial charge in [-0.1, -0.05) is 57.0 Å². The molecular formula is C17H22O. The van der Waals surface area contributed by atoms with Crippen LogP contribution in [0.4, 0.5) is 0 Å². The first-order chi connectivity index (χ1) is 8.69. The molecule has 0 radical (unpaired) electrons. The summed E-state index contributed by atoms with van der Waals surface area (Å²) < 4.78 is 0. The SMILES string of the molecule is CC(C)[C@]1(c2ccccc2)C(=O)[C@@H]2CCCC[C@@H]21. The van der Waals surface area contributed by atoms with E-state index in [-0.39, 0.29) is 5.41 Å². The number of benzene rings is 1. The Kier molecular flexibility index (Phi) is 2.80. The fourth-order valence-corrected chi connectivity index (χ4v) is 4.50. The van der Waals surface area contributed by atoms with Crippen LogP contribution in [0.2, 0.25) is 0 Å². The third kappa shape index (κ3) is 1.36. The summed E-state index contributed by atoms with van der Waals surface area (Å²) in [4.78, 5) is 12.8. The van der Waals surface area contributed by atoms with Crippen molar-refractivity contribution in [3.05, 3.63) is 35.9 Å². The lowest BCUT2D eigenvalue weighted by Crippen LogP contribution is -2.64. The van der Waals surface area contributed by atoms with Gasteiger partial charge in [0.15, 0.2) is 0 Å². The Morgan fingerprint density at radius 3 is 2.44 bits per heavy atom. The number of fused-ring (bicyclic) bond motifs is 1. The van der Waals surface area contributed by atoms with E-state index in [0.717, 1.165) is 6.42 Å². The highest BCUT2D eigenvalue weighted by atomic mass is 16.1. The van der Waals surface area contributed by atoms with E-state index >= 15 is 0 Å². The molecule has 0 aromatic heterocycles. The Bertz CT molecular complexity index is 448. The summed E-state index contributed by atoms with van der Waals surface area (Å²) in [6.07, 6.45) is 4.92. The Hall–Kier alpha value is -1.11. The van der Waals surface area contributed by atoms with Crippen molar-refractivity contribution < 1.29 is 4.79 Å². The quantitative estimate of drug-likeness (QED) is 0.767. The highest BCUT2D eigenvalue weighted by molar-refractivity contribution is 5.99. The number of carbonyl (C=O) groups excluding carboxylic acids is 1. The second-order valence-corrected chi connectivity index (χ2v) is 6.25. The summed E-state index contributed by atoms with van der Waals surface area (Å²) in [6, 6.07) is 10.5.